The second-order valence-corrected chi connectivity index (χ2v) is 7.84. The maximum Gasteiger partial charge on any atom is 0.256 e. The second-order valence-electron chi connectivity index (χ2n) is 7.84. The van der Waals surface area contributed by atoms with E-state index in [2.05, 4.69) is 15.5 Å². The third-order valence-corrected chi connectivity index (χ3v) is 5.51. The van der Waals surface area contributed by atoms with Gasteiger partial charge in [-0.2, -0.15) is 10.2 Å². The topological polar surface area (TPSA) is 75.9 Å². The lowest BCUT2D eigenvalue weighted by Gasteiger charge is -2.11. The van der Waals surface area contributed by atoms with Crippen LogP contribution in [0.3, 0.4) is 0 Å². The minimum atomic E-state index is -0.211. The van der Waals surface area contributed by atoms with Gasteiger partial charge in [0.25, 0.3) is 5.91 Å². The van der Waals surface area contributed by atoms with Gasteiger partial charge in [-0.1, -0.05) is 36.4 Å². The summed E-state index contributed by atoms with van der Waals surface area (Å²) in [6.45, 7) is 0. The van der Waals surface area contributed by atoms with Gasteiger partial charge in [-0.3, -0.25) is 4.79 Å². The molecule has 0 saturated heterocycles. The highest BCUT2D eigenvalue weighted by atomic mass is 16.5. The number of rotatable bonds is 6. The molecule has 0 saturated carbocycles. The van der Waals surface area contributed by atoms with Crippen molar-refractivity contribution in [2.45, 2.75) is 0 Å². The summed E-state index contributed by atoms with van der Waals surface area (Å²) < 4.78 is 5.25. The van der Waals surface area contributed by atoms with Crippen LogP contribution in [0.15, 0.2) is 119 Å². The number of hydrogen-bond acceptors (Lipinski definition) is 5. The molecule has 0 aliphatic rings. The Labute approximate surface area is 203 Å². The van der Waals surface area contributed by atoms with Crippen LogP contribution in [-0.4, -0.2) is 18.0 Å². The van der Waals surface area contributed by atoms with Crippen LogP contribution in [0.2, 0.25) is 0 Å². The van der Waals surface area contributed by atoms with Crippen LogP contribution in [-0.2, 0) is 0 Å². The van der Waals surface area contributed by atoms with Crippen molar-refractivity contribution < 1.29 is 9.53 Å². The Balaban J connectivity index is 1.40. The van der Waals surface area contributed by atoms with E-state index in [1.807, 2.05) is 109 Å². The molecule has 4 aromatic carbocycles. The van der Waals surface area contributed by atoms with E-state index in [1.165, 1.54) is 0 Å². The zero-order valence-electron chi connectivity index (χ0n) is 19.1. The number of hydrogen-bond donors (Lipinski definition) is 1. The molecule has 6 heteroatoms. The number of aromatic nitrogens is 1. The van der Waals surface area contributed by atoms with Gasteiger partial charge in [-0.25, -0.2) is 4.98 Å². The number of carbonyl (C=O) groups excluding carboxylic acids is 1. The van der Waals surface area contributed by atoms with Crippen molar-refractivity contribution in [3.05, 3.63) is 115 Å². The first-order chi connectivity index (χ1) is 17.2. The van der Waals surface area contributed by atoms with E-state index >= 15 is 0 Å². The van der Waals surface area contributed by atoms with Gasteiger partial charge in [0.2, 0.25) is 0 Å². The summed E-state index contributed by atoms with van der Waals surface area (Å²) in [6, 6.07) is 33.9. The third-order valence-electron chi connectivity index (χ3n) is 5.51. The third kappa shape index (κ3) is 5.07. The maximum atomic E-state index is 13.3. The number of nitrogens with one attached hydrogen (secondary N) is 1. The van der Waals surface area contributed by atoms with E-state index < -0.39 is 0 Å². The van der Waals surface area contributed by atoms with Gasteiger partial charge >= 0.3 is 0 Å². The van der Waals surface area contributed by atoms with Gasteiger partial charge in [0, 0.05) is 16.6 Å². The van der Waals surface area contributed by atoms with E-state index in [4.69, 9.17) is 9.72 Å². The molecular formula is C29H22N4O2. The predicted octanol–water partition coefficient (Wildman–Crippen LogP) is 7.58. The number of fused-ring (bicyclic) bond motifs is 1. The first-order valence-electron chi connectivity index (χ1n) is 11.1. The summed E-state index contributed by atoms with van der Waals surface area (Å²) in [5.41, 5.74) is 5.06. The van der Waals surface area contributed by atoms with Gasteiger partial charge in [0.05, 0.1) is 35.3 Å². The molecular weight excluding hydrogens is 436 g/mol. The number of azo groups is 1. The number of benzene rings is 4. The molecule has 0 radical (unpaired) electrons. The number of nitrogens with zero attached hydrogens (tertiary/aromatic N) is 3. The molecule has 5 rings (SSSR count). The zero-order valence-corrected chi connectivity index (χ0v) is 19.1. The Hall–Kier alpha value is -4.84. The molecule has 1 N–H and O–H groups in total. The van der Waals surface area contributed by atoms with Crippen LogP contribution >= 0.6 is 0 Å². The minimum absolute atomic E-state index is 0.211. The molecule has 170 valence electrons. The van der Waals surface area contributed by atoms with E-state index in [-0.39, 0.29) is 5.91 Å². The summed E-state index contributed by atoms with van der Waals surface area (Å²) >= 11 is 0. The largest absolute Gasteiger partial charge is 0.497 e. The molecule has 0 unspecified atom stereocenters. The number of carbonyl (C=O) groups is 1. The van der Waals surface area contributed by atoms with Crippen LogP contribution in [0.25, 0.3) is 22.2 Å². The summed E-state index contributed by atoms with van der Waals surface area (Å²) in [4.78, 5) is 18.1. The lowest BCUT2D eigenvalue weighted by Crippen LogP contribution is -2.13. The monoisotopic (exact) mass is 458 g/mol. The molecule has 5 aromatic rings. The van der Waals surface area contributed by atoms with Crippen LogP contribution in [0.5, 0.6) is 5.75 Å². The van der Waals surface area contributed by atoms with Crippen molar-refractivity contribution in [3.63, 3.8) is 0 Å². The lowest BCUT2D eigenvalue weighted by atomic mass is 10.0. The van der Waals surface area contributed by atoms with Crippen molar-refractivity contribution in [2.24, 2.45) is 10.2 Å². The summed E-state index contributed by atoms with van der Waals surface area (Å²) in [5.74, 6) is 0.552. The first-order valence-corrected chi connectivity index (χ1v) is 11.1. The summed E-state index contributed by atoms with van der Waals surface area (Å²) in [6.07, 6.45) is 0. The SMILES string of the molecule is COc1ccc(-c2cc(C(=O)Nc3ccc(N=Nc4ccccc4)cc3)c3ccccc3n2)cc1. The van der Waals surface area contributed by atoms with E-state index in [0.29, 0.717) is 22.6 Å². The highest BCUT2D eigenvalue weighted by Crippen LogP contribution is 2.27. The Morgan fingerprint density at radius 2 is 1.43 bits per heavy atom. The van der Waals surface area contributed by atoms with Gasteiger partial charge in [0.15, 0.2) is 0 Å². The molecule has 35 heavy (non-hydrogen) atoms. The molecule has 0 aliphatic heterocycles. The highest BCUT2D eigenvalue weighted by molar-refractivity contribution is 6.13. The first kappa shape index (κ1) is 22.0. The average Bonchev–Trinajstić information content (AvgIpc) is 2.92. The standard InChI is InChI=1S/C29H22N4O2/c1-35-24-17-11-20(12-18-24)28-19-26(25-9-5-6-10-27(25)31-28)29(34)30-21-13-15-23(16-14-21)33-32-22-7-3-2-4-8-22/h2-19H,1H3,(H,30,34). The fraction of sp³-hybridized carbons (Fsp3) is 0.0345. The van der Waals surface area contributed by atoms with E-state index in [9.17, 15) is 4.79 Å². The second kappa shape index (κ2) is 9.97. The summed E-state index contributed by atoms with van der Waals surface area (Å²) in [5, 5.41) is 12.2. The predicted molar refractivity (Wildman–Crippen MR) is 139 cm³/mol. The van der Waals surface area contributed by atoms with Crippen molar-refractivity contribution >= 4 is 33.9 Å². The number of amides is 1. The Morgan fingerprint density at radius 3 is 2.14 bits per heavy atom. The van der Waals surface area contributed by atoms with Gasteiger partial charge in [-0.05, 0) is 72.8 Å². The maximum absolute atomic E-state index is 13.3. The molecule has 0 fully saturated rings. The van der Waals surface area contributed by atoms with Gasteiger partial charge in [0.1, 0.15) is 5.75 Å². The van der Waals surface area contributed by atoms with Crippen LogP contribution in [0, 0.1) is 0 Å². The van der Waals surface area contributed by atoms with Gasteiger partial charge < -0.3 is 10.1 Å². The number of para-hydroxylation sites is 1. The quantitative estimate of drug-likeness (QED) is 0.267. The highest BCUT2D eigenvalue weighted by Gasteiger charge is 2.14. The van der Waals surface area contributed by atoms with Crippen molar-refractivity contribution in [3.8, 4) is 17.0 Å². The molecule has 1 amide bonds. The smallest absolute Gasteiger partial charge is 0.256 e. The van der Waals surface area contributed by atoms with Crippen molar-refractivity contribution in [1.29, 1.82) is 0 Å². The number of pyridine rings is 1. The number of anilines is 1. The fourth-order valence-corrected chi connectivity index (χ4v) is 3.69. The Kier molecular flexibility index (Phi) is 6.26. The normalized spacial score (nSPS) is 11.0. The van der Waals surface area contributed by atoms with E-state index in [1.54, 1.807) is 7.11 Å². The van der Waals surface area contributed by atoms with Crippen molar-refractivity contribution in [2.75, 3.05) is 12.4 Å². The average molecular weight is 459 g/mol. The van der Waals surface area contributed by atoms with Crippen LogP contribution < -0.4 is 10.1 Å². The molecule has 0 bridgehead atoms. The summed E-state index contributed by atoms with van der Waals surface area (Å²) in [7, 11) is 1.63. The molecule has 1 heterocycles. The van der Waals surface area contributed by atoms with Gasteiger partial charge in [-0.15, -0.1) is 0 Å². The Morgan fingerprint density at radius 1 is 0.771 bits per heavy atom. The molecule has 1 aromatic heterocycles. The minimum Gasteiger partial charge on any atom is -0.497 e. The fourth-order valence-electron chi connectivity index (χ4n) is 3.69. The van der Waals surface area contributed by atoms with E-state index in [0.717, 1.165) is 27.9 Å². The molecule has 0 atom stereocenters. The lowest BCUT2D eigenvalue weighted by molar-refractivity contribution is 0.102. The molecule has 0 aliphatic carbocycles. The Bertz CT molecular complexity index is 1500. The van der Waals surface area contributed by atoms with Crippen LogP contribution in [0.1, 0.15) is 10.4 Å². The molecule has 0 spiro atoms. The molecule has 6 nitrogen and oxygen atoms in total. The zero-order chi connectivity index (χ0) is 24.0. The number of ether oxygens (including phenoxy) is 1. The van der Waals surface area contributed by atoms with Crippen molar-refractivity contribution in [1.82, 2.24) is 4.98 Å². The number of methoxy groups -OCH3 is 1. The van der Waals surface area contributed by atoms with Crippen LogP contribution in [0.4, 0.5) is 17.1 Å².